The van der Waals surface area contributed by atoms with Gasteiger partial charge in [0.15, 0.2) is 9.84 Å². The minimum Gasteiger partial charge on any atom is -0.450 e. The Balaban J connectivity index is 1.81. The second kappa shape index (κ2) is 6.09. The Kier molecular flexibility index (Phi) is 4.19. The molecule has 7 heteroatoms. The molecule has 0 unspecified atom stereocenters. The third-order valence-corrected chi connectivity index (χ3v) is 4.16. The number of carbonyl (C=O) groups is 1. The quantitative estimate of drug-likeness (QED) is 0.772. The molecule has 106 valence electrons. The molecule has 1 N–H and O–H groups in total. The zero-order valence-corrected chi connectivity index (χ0v) is 13.6. The van der Waals surface area contributed by atoms with Crippen LogP contribution in [0.2, 0.25) is 5.02 Å². The maximum atomic E-state index is 11.9. The first-order chi connectivity index (χ1) is 10.1. The summed E-state index contributed by atoms with van der Waals surface area (Å²) in [5, 5.41) is 3.88. The molecular weight excluding hydrogens is 376 g/mol. The number of furan rings is 1. The van der Waals surface area contributed by atoms with E-state index < -0.39 is 0 Å². The summed E-state index contributed by atoms with van der Waals surface area (Å²) in [7, 11) is 0. The van der Waals surface area contributed by atoms with Gasteiger partial charge in [-0.15, -0.1) is 0 Å². The van der Waals surface area contributed by atoms with Gasteiger partial charge in [0, 0.05) is 11.1 Å². The van der Waals surface area contributed by atoms with E-state index in [9.17, 15) is 4.79 Å². The highest BCUT2D eigenvalue weighted by atomic mass is 79.9. The van der Waals surface area contributed by atoms with Crippen molar-refractivity contribution in [3.63, 3.8) is 0 Å². The van der Waals surface area contributed by atoms with E-state index in [-0.39, 0.29) is 5.91 Å². The molecule has 0 atom stereocenters. The summed E-state index contributed by atoms with van der Waals surface area (Å²) in [5.74, 6) is 0.410. The van der Waals surface area contributed by atoms with Crippen molar-refractivity contribution in [2.45, 2.75) is 0 Å². The summed E-state index contributed by atoms with van der Waals surface area (Å²) in [4.78, 5) is 16.8. The lowest BCUT2D eigenvalue weighted by molar-refractivity contribution is -0.115. The zero-order chi connectivity index (χ0) is 14.8. The Labute approximate surface area is 138 Å². The summed E-state index contributed by atoms with van der Waals surface area (Å²) >= 11 is 10.3. The number of amides is 1. The van der Waals surface area contributed by atoms with E-state index in [0.717, 1.165) is 5.69 Å². The fourth-order valence-corrected chi connectivity index (χ4v) is 2.92. The van der Waals surface area contributed by atoms with Gasteiger partial charge >= 0.3 is 0 Å². The van der Waals surface area contributed by atoms with Gasteiger partial charge in [0.1, 0.15) is 5.76 Å². The number of hydrogen-bond donors (Lipinski definition) is 1. The fourth-order valence-electron chi connectivity index (χ4n) is 1.65. The minimum atomic E-state index is -0.194. The standard InChI is InChI=1S/C14H8BrClN2O2S/c15-12-6-5-10(20-12)7-11-13(19)18-14(21-11)17-9-3-1-8(16)2-4-9/h1-7H,(H,17,18,19)/b11-7-. The van der Waals surface area contributed by atoms with Gasteiger partial charge in [-0.1, -0.05) is 11.6 Å². The molecule has 1 amide bonds. The monoisotopic (exact) mass is 382 g/mol. The van der Waals surface area contributed by atoms with Gasteiger partial charge in [0.25, 0.3) is 5.91 Å². The number of nitrogens with one attached hydrogen (secondary N) is 1. The van der Waals surface area contributed by atoms with Crippen LogP contribution in [0.1, 0.15) is 5.76 Å². The van der Waals surface area contributed by atoms with Crippen LogP contribution in [-0.4, -0.2) is 11.1 Å². The number of halogens is 2. The average Bonchev–Trinajstić information content (AvgIpc) is 3.00. The SMILES string of the molecule is O=C1NC(=Nc2ccc(Cl)cc2)S/C1=C\c1ccc(Br)o1. The van der Waals surface area contributed by atoms with Crippen LogP contribution >= 0.6 is 39.3 Å². The number of benzene rings is 1. The first kappa shape index (κ1) is 14.4. The van der Waals surface area contributed by atoms with E-state index in [0.29, 0.717) is 25.5 Å². The van der Waals surface area contributed by atoms with Crippen molar-refractivity contribution in [3.05, 3.63) is 56.8 Å². The zero-order valence-electron chi connectivity index (χ0n) is 10.5. The molecule has 1 saturated heterocycles. The molecule has 3 rings (SSSR count). The Morgan fingerprint density at radius 3 is 2.67 bits per heavy atom. The average molecular weight is 384 g/mol. The lowest BCUT2D eigenvalue weighted by Crippen LogP contribution is -2.19. The molecule has 2 heterocycles. The lowest BCUT2D eigenvalue weighted by Gasteiger charge is -1.96. The van der Waals surface area contributed by atoms with Gasteiger partial charge in [-0.3, -0.25) is 4.79 Å². The minimum absolute atomic E-state index is 0.194. The van der Waals surface area contributed by atoms with Crippen LogP contribution in [0.15, 0.2) is 55.4 Å². The Bertz CT molecular complexity index is 753. The number of nitrogens with zero attached hydrogens (tertiary/aromatic N) is 1. The van der Waals surface area contributed by atoms with E-state index in [1.807, 2.05) is 0 Å². The summed E-state index contributed by atoms with van der Waals surface area (Å²) in [6.07, 6.45) is 1.68. The second-order valence-electron chi connectivity index (χ2n) is 4.10. The van der Waals surface area contributed by atoms with Crippen LogP contribution in [0.25, 0.3) is 6.08 Å². The number of aliphatic imine (C=N–C) groups is 1. The van der Waals surface area contributed by atoms with Crippen molar-refractivity contribution < 1.29 is 9.21 Å². The molecule has 1 aromatic heterocycles. The highest BCUT2D eigenvalue weighted by Gasteiger charge is 2.24. The highest BCUT2D eigenvalue weighted by Crippen LogP contribution is 2.29. The molecule has 21 heavy (non-hydrogen) atoms. The molecule has 1 aliphatic rings. The molecule has 0 saturated carbocycles. The second-order valence-corrected chi connectivity index (χ2v) is 6.35. The van der Waals surface area contributed by atoms with Crippen molar-refractivity contribution in [2.75, 3.05) is 0 Å². The van der Waals surface area contributed by atoms with E-state index >= 15 is 0 Å². The first-order valence-corrected chi connectivity index (χ1v) is 7.89. The number of thioether (sulfide) groups is 1. The van der Waals surface area contributed by atoms with Crippen molar-refractivity contribution in [2.24, 2.45) is 4.99 Å². The van der Waals surface area contributed by atoms with Crippen LogP contribution in [0.3, 0.4) is 0 Å². The lowest BCUT2D eigenvalue weighted by atomic mass is 10.3. The van der Waals surface area contributed by atoms with E-state index in [1.54, 1.807) is 42.5 Å². The van der Waals surface area contributed by atoms with Crippen LogP contribution in [0, 0.1) is 0 Å². The maximum Gasteiger partial charge on any atom is 0.264 e. The molecule has 0 aliphatic carbocycles. The molecule has 1 aromatic carbocycles. The molecule has 2 aromatic rings. The van der Waals surface area contributed by atoms with Crippen molar-refractivity contribution >= 4 is 62.1 Å². The van der Waals surface area contributed by atoms with Gasteiger partial charge in [0.05, 0.1) is 10.6 Å². The number of hydrogen-bond acceptors (Lipinski definition) is 4. The van der Waals surface area contributed by atoms with E-state index in [4.69, 9.17) is 16.0 Å². The van der Waals surface area contributed by atoms with Crippen LogP contribution in [-0.2, 0) is 4.79 Å². The predicted molar refractivity (Wildman–Crippen MR) is 88.7 cm³/mol. The summed E-state index contributed by atoms with van der Waals surface area (Å²) in [6, 6.07) is 10.6. The van der Waals surface area contributed by atoms with Crippen LogP contribution < -0.4 is 5.32 Å². The van der Waals surface area contributed by atoms with Crippen molar-refractivity contribution in [3.8, 4) is 0 Å². The molecule has 0 spiro atoms. The third-order valence-electron chi connectivity index (χ3n) is 2.58. The first-order valence-electron chi connectivity index (χ1n) is 5.91. The van der Waals surface area contributed by atoms with Gasteiger partial charge in [-0.05, 0) is 64.1 Å². The van der Waals surface area contributed by atoms with Gasteiger partial charge < -0.3 is 9.73 Å². The summed E-state index contributed by atoms with van der Waals surface area (Å²) < 4.78 is 5.97. The number of amidine groups is 1. The molecule has 1 aliphatic heterocycles. The van der Waals surface area contributed by atoms with Gasteiger partial charge in [-0.2, -0.15) is 0 Å². The van der Waals surface area contributed by atoms with Gasteiger partial charge in [-0.25, -0.2) is 4.99 Å². The molecule has 1 fully saturated rings. The fraction of sp³-hybridized carbons (Fsp3) is 0. The molecule has 0 bridgehead atoms. The Hall–Kier alpha value is -1.50. The normalized spacial score (nSPS) is 18.5. The Morgan fingerprint density at radius 2 is 2.00 bits per heavy atom. The molecular formula is C14H8BrClN2O2S. The number of rotatable bonds is 2. The van der Waals surface area contributed by atoms with Crippen LogP contribution in [0.4, 0.5) is 5.69 Å². The highest BCUT2D eigenvalue weighted by molar-refractivity contribution is 9.10. The number of carbonyl (C=O) groups excluding carboxylic acids is 1. The van der Waals surface area contributed by atoms with Crippen molar-refractivity contribution in [1.29, 1.82) is 0 Å². The summed E-state index contributed by atoms with van der Waals surface area (Å²) in [6.45, 7) is 0. The smallest absolute Gasteiger partial charge is 0.264 e. The maximum absolute atomic E-state index is 11.9. The van der Waals surface area contributed by atoms with E-state index in [2.05, 4.69) is 26.2 Å². The van der Waals surface area contributed by atoms with Gasteiger partial charge in [0.2, 0.25) is 0 Å². The largest absolute Gasteiger partial charge is 0.450 e. The molecule has 0 radical (unpaired) electrons. The topological polar surface area (TPSA) is 54.6 Å². The van der Waals surface area contributed by atoms with E-state index in [1.165, 1.54) is 11.8 Å². The third kappa shape index (κ3) is 3.58. The molecule has 4 nitrogen and oxygen atoms in total. The van der Waals surface area contributed by atoms with Crippen molar-refractivity contribution in [1.82, 2.24) is 5.32 Å². The van der Waals surface area contributed by atoms with Crippen LogP contribution in [0.5, 0.6) is 0 Å². The summed E-state index contributed by atoms with van der Waals surface area (Å²) in [5.41, 5.74) is 0.726. The Morgan fingerprint density at radius 1 is 1.24 bits per heavy atom. The predicted octanol–water partition coefficient (Wildman–Crippen LogP) is 4.59.